The van der Waals surface area contributed by atoms with Crippen molar-refractivity contribution in [2.75, 3.05) is 46.7 Å². The molecule has 0 saturated carbocycles. The fourth-order valence-corrected chi connectivity index (χ4v) is 7.88. The van der Waals surface area contributed by atoms with E-state index in [4.69, 9.17) is 23.7 Å². The molecule has 1 N–H and O–H groups in total. The van der Waals surface area contributed by atoms with Crippen molar-refractivity contribution in [3.8, 4) is 0 Å². The molecular weight excluding hydrogens is 747 g/mol. The van der Waals surface area contributed by atoms with Gasteiger partial charge in [0.25, 0.3) is 0 Å². The largest absolute Gasteiger partial charge is 0.450 e. The van der Waals surface area contributed by atoms with Gasteiger partial charge in [0.15, 0.2) is 0 Å². The Bertz CT molecular complexity index is 866. The molecule has 60 heavy (non-hydrogen) atoms. The highest BCUT2D eigenvalue weighted by molar-refractivity contribution is 5.66. The molecule has 1 atom stereocenters. The first-order chi connectivity index (χ1) is 29.2. The number of hydrogen-bond acceptors (Lipinski definition) is 6. The molecule has 1 unspecified atom stereocenters. The van der Waals surface area contributed by atoms with Gasteiger partial charge in [-0.2, -0.15) is 0 Å². The number of carbonyl (C=O) groups excluding carboxylic acids is 1. The Morgan fingerprint density at radius 2 is 0.867 bits per heavy atom. The summed E-state index contributed by atoms with van der Waals surface area (Å²) in [5.41, 5.74) is -0.461. The number of alkyl carbamates (subject to hydrolysis) is 1. The van der Waals surface area contributed by atoms with Crippen LogP contribution in [-0.2, 0) is 23.7 Å². The Kier molecular flexibility index (Phi) is 44.0. The number of unbranched alkanes of at least 4 members (excludes halogenated alkanes) is 30. The summed E-state index contributed by atoms with van der Waals surface area (Å²) in [6, 6.07) is 0. The lowest BCUT2D eigenvalue weighted by Gasteiger charge is -2.28. The van der Waals surface area contributed by atoms with Gasteiger partial charge in [-0.15, -0.1) is 0 Å². The van der Waals surface area contributed by atoms with Gasteiger partial charge in [-0.05, 0) is 66.2 Å². The molecule has 0 aromatic rings. The number of nitrogens with one attached hydrogen (secondary N) is 1. The lowest BCUT2D eigenvalue weighted by atomic mass is 10.0. The average molecular weight is 854 g/mol. The second kappa shape index (κ2) is 44.7. The quantitative estimate of drug-likeness (QED) is 0.0615. The van der Waals surface area contributed by atoms with Crippen LogP contribution >= 0.6 is 0 Å². The van der Waals surface area contributed by atoms with Crippen molar-refractivity contribution >= 4 is 6.09 Å². The lowest BCUT2D eigenvalue weighted by molar-refractivity contribution is -0.0630. The summed E-state index contributed by atoms with van der Waals surface area (Å²) in [6.07, 6.45) is 46.7. The van der Waals surface area contributed by atoms with Crippen molar-refractivity contribution in [1.82, 2.24) is 5.32 Å². The highest BCUT2D eigenvalue weighted by Crippen LogP contribution is 2.21. The first-order valence-electron chi connectivity index (χ1n) is 26.4. The van der Waals surface area contributed by atoms with Crippen LogP contribution in [0.25, 0.3) is 0 Å². The molecule has 360 valence electrons. The van der Waals surface area contributed by atoms with Crippen molar-refractivity contribution in [1.29, 1.82) is 0 Å². The van der Waals surface area contributed by atoms with Crippen molar-refractivity contribution in [3.05, 3.63) is 0 Å². The van der Waals surface area contributed by atoms with E-state index in [1.807, 2.05) is 0 Å². The molecule has 7 heteroatoms. The van der Waals surface area contributed by atoms with Crippen molar-refractivity contribution in [2.24, 2.45) is 0 Å². The fourth-order valence-electron chi connectivity index (χ4n) is 7.88. The van der Waals surface area contributed by atoms with E-state index in [1.165, 1.54) is 193 Å². The third-order valence-electron chi connectivity index (χ3n) is 12.4. The van der Waals surface area contributed by atoms with Gasteiger partial charge in [0.2, 0.25) is 0 Å². The Hall–Kier alpha value is -0.890. The number of hydrogen-bond donors (Lipinski definition) is 1. The minimum Gasteiger partial charge on any atom is -0.450 e. The Morgan fingerprint density at radius 3 is 1.28 bits per heavy atom. The van der Waals surface area contributed by atoms with Crippen LogP contribution in [0.5, 0.6) is 0 Å². The van der Waals surface area contributed by atoms with E-state index in [-0.39, 0.29) is 23.4 Å². The molecule has 0 aliphatic heterocycles. The molecule has 0 heterocycles. The van der Waals surface area contributed by atoms with E-state index in [0.717, 1.165) is 51.7 Å². The lowest BCUT2D eigenvalue weighted by Crippen LogP contribution is -2.32. The predicted molar refractivity (Wildman–Crippen MR) is 259 cm³/mol. The third-order valence-corrected chi connectivity index (χ3v) is 12.4. The van der Waals surface area contributed by atoms with Crippen molar-refractivity contribution in [2.45, 2.75) is 290 Å². The summed E-state index contributed by atoms with van der Waals surface area (Å²) in [4.78, 5) is 12.5. The Labute approximate surface area is 375 Å². The van der Waals surface area contributed by atoms with E-state index in [9.17, 15) is 4.79 Å². The summed E-state index contributed by atoms with van der Waals surface area (Å²) in [5, 5.41) is 2.94. The number of rotatable bonds is 49. The Morgan fingerprint density at radius 1 is 0.467 bits per heavy atom. The Balaban J connectivity index is 4.22. The van der Waals surface area contributed by atoms with E-state index in [2.05, 4.69) is 46.9 Å². The van der Waals surface area contributed by atoms with Crippen LogP contribution in [0.3, 0.4) is 0 Å². The molecular formula is C53H107NO6. The maximum Gasteiger partial charge on any atom is 0.407 e. The molecule has 7 nitrogen and oxygen atoms in total. The van der Waals surface area contributed by atoms with Crippen LogP contribution in [0.2, 0.25) is 0 Å². The molecule has 0 aromatic heterocycles. The van der Waals surface area contributed by atoms with Crippen LogP contribution in [0.1, 0.15) is 273 Å². The smallest absolute Gasteiger partial charge is 0.407 e. The van der Waals surface area contributed by atoms with E-state index >= 15 is 0 Å². The van der Waals surface area contributed by atoms with Crippen LogP contribution < -0.4 is 5.32 Å². The topological polar surface area (TPSA) is 75.3 Å². The summed E-state index contributed by atoms with van der Waals surface area (Å²) in [7, 11) is 1.74. The molecule has 0 radical (unpaired) electrons. The average Bonchev–Trinajstić information content (AvgIpc) is 3.22. The zero-order chi connectivity index (χ0) is 44.1. The van der Waals surface area contributed by atoms with Gasteiger partial charge in [-0.1, -0.05) is 206 Å². The first kappa shape index (κ1) is 59.1. The van der Waals surface area contributed by atoms with Gasteiger partial charge in [-0.3, -0.25) is 0 Å². The monoisotopic (exact) mass is 854 g/mol. The van der Waals surface area contributed by atoms with Crippen LogP contribution in [0.15, 0.2) is 0 Å². The molecule has 0 aromatic carbocycles. The molecule has 0 bridgehead atoms. The number of methoxy groups -OCH3 is 1. The fraction of sp³-hybridized carbons (Fsp3) is 0.981. The summed E-state index contributed by atoms with van der Waals surface area (Å²) < 4.78 is 29.6. The molecule has 0 rings (SSSR count). The van der Waals surface area contributed by atoms with E-state index < -0.39 is 0 Å². The van der Waals surface area contributed by atoms with Crippen molar-refractivity contribution in [3.63, 3.8) is 0 Å². The zero-order valence-electron chi connectivity index (χ0n) is 41.7. The minimum absolute atomic E-state index is 0.0104. The molecule has 0 fully saturated rings. The standard InChI is InChI=1S/C53H107NO6/c1-8-10-12-14-16-18-20-22-24-26-28-30-32-34-36-38-45-57-49-50(58-46-39-37-35-33-31-29-27-25-23-21-19-17-15-13-11-9-2)41-44-54-51(55)59-47-40-42-53(5,6)60-48-43-52(3,4)56-7/h50H,8-49H2,1-7H3,(H,54,55). The number of ether oxygens (including phenoxy) is 5. The maximum absolute atomic E-state index is 12.5. The summed E-state index contributed by atoms with van der Waals surface area (Å²) in [5.74, 6) is 0. The van der Waals surface area contributed by atoms with Crippen LogP contribution in [0, 0.1) is 0 Å². The maximum atomic E-state index is 12.5. The van der Waals surface area contributed by atoms with Gasteiger partial charge in [0.05, 0.1) is 37.1 Å². The summed E-state index contributed by atoms with van der Waals surface area (Å²) in [6.45, 7) is 16.6. The highest BCUT2D eigenvalue weighted by atomic mass is 16.5. The summed E-state index contributed by atoms with van der Waals surface area (Å²) >= 11 is 0. The zero-order valence-corrected chi connectivity index (χ0v) is 41.7. The molecule has 1 amide bonds. The third kappa shape index (κ3) is 45.1. The van der Waals surface area contributed by atoms with Gasteiger partial charge in [-0.25, -0.2) is 4.79 Å². The van der Waals surface area contributed by atoms with Crippen LogP contribution in [-0.4, -0.2) is 70.1 Å². The van der Waals surface area contributed by atoms with E-state index in [1.54, 1.807) is 7.11 Å². The van der Waals surface area contributed by atoms with Gasteiger partial charge in [0.1, 0.15) is 0 Å². The number of carbonyl (C=O) groups is 1. The normalized spacial score (nSPS) is 12.7. The highest BCUT2D eigenvalue weighted by Gasteiger charge is 2.22. The predicted octanol–water partition coefficient (Wildman–Crippen LogP) is 16.4. The molecule has 0 spiro atoms. The molecule has 0 saturated heterocycles. The first-order valence-corrected chi connectivity index (χ1v) is 26.4. The van der Waals surface area contributed by atoms with Crippen LogP contribution in [0.4, 0.5) is 4.79 Å². The van der Waals surface area contributed by atoms with Gasteiger partial charge in [0, 0.05) is 26.9 Å². The molecule has 0 aliphatic carbocycles. The second-order valence-electron chi connectivity index (χ2n) is 19.5. The molecule has 0 aliphatic rings. The second-order valence-corrected chi connectivity index (χ2v) is 19.5. The minimum atomic E-state index is -0.360. The van der Waals surface area contributed by atoms with Gasteiger partial charge >= 0.3 is 6.09 Å². The SMILES string of the molecule is CCCCCCCCCCCCCCCCCCOCC(CCNC(=O)OCCCC(C)(C)OCCC(C)(C)OC)OCCCCCCCCCCCCCCCCCC. The number of amides is 1. The van der Waals surface area contributed by atoms with E-state index in [0.29, 0.717) is 26.4 Å². The van der Waals surface area contributed by atoms with Crippen molar-refractivity contribution < 1.29 is 28.5 Å². The van der Waals surface area contributed by atoms with Gasteiger partial charge < -0.3 is 29.0 Å².